The van der Waals surface area contributed by atoms with Crippen LogP contribution in [0.3, 0.4) is 0 Å². The number of thiazole rings is 1. The number of nitrogens with one attached hydrogen (secondary N) is 2. The normalized spacial score (nSPS) is 15.5. The van der Waals surface area contributed by atoms with Crippen LogP contribution in [0.25, 0.3) is 10.9 Å². The van der Waals surface area contributed by atoms with E-state index < -0.39 is 5.82 Å². The van der Waals surface area contributed by atoms with Gasteiger partial charge in [-0.1, -0.05) is 12.5 Å². The highest BCUT2D eigenvalue weighted by atomic mass is 32.1. The van der Waals surface area contributed by atoms with E-state index in [1.54, 1.807) is 25.4 Å². The summed E-state index contributed by atoms with van der Waals surface area (Å²) in [4.78, 5) is 28.8. The number of nitrogens with zero attached hydrogens (tertiary/aromatic N) is 4. The molecule has 1 unspecified atom stereocenters. The highest BCUT2D eigenvalue weighted by molar-refractivity contribution is 7.15. The average Bonchev–Trinajstić information content (AvgIpc) is 3.40. The molecule has 1 saturated heterocycles. The molecule has 1 aliphatic rings. The second kappa shape index (κ2) is 13.7. The van der Waals surface area contributed by atoms with Gasteiger partial charge in [-0.05, 0) is 50.1 Å². The maximum Gasteiger partial charge on any atom is 0.229 e. The number of carbonyl (C=O) groups is 1. The second-order valence-corrected chi connectivity index (χ2v) is 10.9. The van der Waals surface area contributed by atoms with Crippen molar-refractivity contribution in [2.45, 2.75) is 38.1 Å². The van der Waals surface area contributed by atoms with Crippen LogP contribution in [0.15, 0.2) is 48.9 Å². The quantitative estimate of drug-likeness (QED) is 0.217. The van der Waals surface area contributed by atoms with Crippen LogP contribution in [-0.4, -0.2) is 70.3 Å². The minimum absolute atomic E-state index is 0.104. The Labute approximate surface area is 241 Å². The van der Waals surface area contributed by atoms with Gasteiger partial charge in [-0.15, -0.1) is 11.3 Å². The molecular formula is C29H33FN6O4S. The molecule has 0 aliphatic carbocycles. The molecule has 1 fully saturated rings. The van der Waals surface area contributed by atoms with E-state index in [9.17, 15) is 14.3 Å². The fourth-order valence-electron chi connectivity index (χ4n) is 5.02. The number of anilines is 3. The summed E-state index contributed by atoms with van der Waals surface area (Å²) in [5, 5.41) is 16.6. The van der Waals surface area contributed by atoms with E-state index in [0.29, 0.717) is 46.3 Å². The number of aliphatic hydroxyl groups excluding tert-OH is 1. The summed E-state index contributed by atoms with van der Waals surface area (Å²) < 4.78 is 25.2. The number of hydrogen-bond donors (Lipinski definition) is 3. The molecule has 5 rings (SSSR count). The summed E-state index contributed by atoms with van der Waals surface area (Å²) in [5.41, 5.74) is 1.08. The van der Waals surface area contributed by atoms with Gasteiger partial charge >= 0.3 is 0 Å². The van der Waals surface area contributed by atoms with E-state index in [1.807, 2.05) is 12.1 Å². The van der Waals surface area contributed by atoms with E-state index in [-0.39, 0.29) is 18.9 Å². The van der Waals surface area contributed by atoms with Gasteiger partial charge < -0.3 is 25.2 Å². The number of ether oxygens (including phenoxy) is 2. The lowest BCUT2D eigenvalue weighted by molar-refractivity contribution is -0.115. The van der Waals surface area contributed by atoms with Gasteiger partial charge in [-0.2, -0.15) is 0 Å². The first-order valence-electron chi connectivity index (χ1n) is 13.6. The van der Waals surface area contributed by atoms with Crippen molar-refractivity contribution >= 4 is 44.8 Å². The lowest BCUT2D eigenvalue weighted by Gasteiger charge is -2.35. The number of fused-ring (bicyclic) bond motifs is 1. The van der Waals surface area contributed by atoms with Gasteiger partial charge in [0.1, 0.15) is 24.6 Å². The van der Waals surface area contributed by atoms with Crippen LogP contribution in [-0.2, 0) is 11.2 Å². The molecular weight excluding hydrogens is 547 g/mol. The first-order chi connectivity index (χ1) is 20.0. The van der Waals surface area contributed by atoms with E-state index in [4.69, 9.17) is 9.47 Å². The lowest BCUT2D eigenvalue weighted by atomic mass is 10.00. The third kappa shape index (κ3) is 7.46. The van der Waals surface area contributed by atoms with Gasteiger partial charge in [0, 0.05) is 47.4 Å². The van der Waals surface area contributed by atoms with Crippen molar-refractivity contribution in [3.05, 3.63) is 59.6 Å². The van der Waals surface area contributed by atoms with Gasteiger partial charge in [0.15, 0.2) is 16.6 Å². The maximum absolute atomic E-state index is 13.4. The number of amides is 1. The first kappa shape index (κ1) is 28.7. The smallest absolute Gasteiger partial charge is 0.229 e. The Morgan fingerprint density at radius 1 is 1.20 bits per heavy atom. The Kier molecular flexibility index (Phi) is 9.55. The fourth-order valence-corrected chi connectivity index (χ4v) is 5.83. The summed E-state index contributed by atoms with van der Waals surface area (Å²) in [6, 6.07) is 9.84. The molecule has 12 heteroatoms. The Bertz CT molecular complexity index is 1480. The average molecular weight is 581 g/mol. The fraction of sp³-hybridized carbons (Fsp3) is 0.379. The molecule has 0 radical (unpaired) electrons. The van der Waals surface area contributed by atoms with Crippen LogP contribution in [0.2, 0.25) is 0 Å². The number of aromatic nitrogens is 3. The number of rotatable bonds is 12. The number of methoxy groups -OCH3 is 1. The molecule has 3 N–H and O–H groups in total. The zero-order chi connectivity index (χ0) is 28.6. The number of piperidine rings is 1. The molecule has 4 aromatic rings. The van der Waals surface area contributed by atoms with Crippen LogP contribution in [0.1, 0.15) is 30.6 Å². The predicted octanol–water partition coefficient (Wildman–Crippen LogP) is 4.77. The van der Waals surface area contributed by atoms with E-state index in [1.165, 1.54) is 36.2 Å². The molecule has 2 aromatic heterocycles. The van der Waals surface area contributed by atoms with Gasteiger partial charge in [-0.3, -0.25) is 9.69 Å². The van der Waals surface area contributed by atoms with Crippen molar-refractivity contribution in [3.63, 3.8) is 0 Å². The van der Waals surface area contributed by atoms with Gasteiger partial charge in [-0.25, -0.2) is 19.3 Å². The molecule has 0 bridgehead atoms. The van der Waals surface area contributed by atoms with Gasteiger partial charge in [0.05, 0.1) is 19.0 Å². The monoisotopic (exact) mass is 580 g/mol. The summed E-state index contributed by atoms with van der Waals surface area (Å²) in [5.74, 6) is 1.03. The van der Waals surface area contributed by atoms with Crippen LogP contribution in [0, 0.1) is 5.82 Å². The van der Waals surface area contributed by atoms with Crippen molar-refractivity contribution in [2.75, 3.05) is 44.0 Å². The second-order valence-electron chi connectivity index (χ2n) is 9.78. The SMILES string of the molecule is COc1cc2c(Nc3ncc(CC(=O)Nc4cccc(F)c4)s3)ncnc2cc1OCCN1CCCCC1CCO. The Morgan fingerprint density at radius 3 is 2.93 bits per heavy atom. The first-order valence-corrected chi connectivity index (χ1v) is 14.4. The molecule has 1 amide bonds. The summed E-state index contributed by atoms with van der Waals surface area (Å²) >= 11 is 1.33. The van der Waals surface area contributed by atoms with Crippen molar-refractivity contribution in [2.24, 2.45) is 0 Å². The number of hydrogen-bond acceptors (Lipinski definition) is 10. The van der Waals surface area contributed by atoms with Crippen LogP contribution in [0.4, 0.5) is 21.0 Å². The Hall–Kier alpha value is -3.87. The third-order valence-electron chi connectivity index (χ3n) is 6.99. The van der Waals surface area contributed by atoms with Gasteiger partial charge in [0.2, 0.25) is 5.91 Å². The lowest BCUT2D eigenvalue weighted by Crippen LogP contribution is -2.42. The molecule has 0 saturated carbocycles. The van der Waals surface area contributed by atoms with Crippen molar-refractivity contribution < 1.29 is 23.8 Å². The van der Waals surface area contributed by atoms with Crippen molar-refractivity contribution in [1.29, 1.82) is 0 Å². The molecule has 3 heterocycles. The van der Waals surface area contributed by atoms with Crippen LogP contribution >= 0.6 is 11.3 Å². The zero-order valence-corrected chi connectivity index (χ0v) is 23.6. The highest BCUT2D eigenvalue weighted by Crippen LogP contribution is 2.35. The molecule has 216 valence electrons. The van der Waals surface area contributed by atoms with Crippen LogP contribution in [0.5, 0.6) is 11.5 Å². The predicted molar refractivity (Wildman–Crippen MR) is 157 cm³/mol. The third-order valence-corrected chi connectivity index (χ3v) is 7.90. The zero-order valence-electron chi connectivity index (χ0n) is 22.8. The number of benzene rings is 2. The number of likely N-dealkylation sites (tertiary alicyclic amines) is 1. The summed E-state index contributed by atoms with van der Waals surface area (Å²) in [6.07, 6.45) is 7.45. The van der Waals surface area contributed by atoms with Crippen LogP contribution < -0.4 is 20.1 Å². The molecule has 0 spiro atoms. The van der Waals surface area contributed by atoms with Crippen molar-refractivity contribution in [1.82, 2.24) is 19.9 Å². The highest BCUT2D eigenvalue weighted by Gasteiger charge is 2.22. The standard InChI is InChI=1S/C29H33FN6O4S/c1-39-25-15-23-24(16-26(25)40-12-10-36-9-3-2-7-21(36)8-11-37)32-18-33-28(23)35-29-31-17-22(41-29)14-27(38)34-20-6-4-5-19(30)13-20/h4-6,13,15-18,21,37H,2-3,7-12,14H2,1H3,(H,34,38)(H,31,32,33,35). The van der Waals surface area contributed by atoms with Crippen molar-refractivity contribution in [3.8, 4) is 11.5 Å². The minimum Gasteiger partial charge on any atom is -0.493 e. The topological polar surface area (TPSA) is 122 Å². The molecule has 1 atom stereocenters. The summed E-state index contributed by atoms with van der Waals surface area (Å²) in [6.45, 7) is 2.48. The van der Waals surface area contributed by atoms with Gasteiger partial charge in [0.25, 0.3) is 0 Å². The maximum atomic E-state index is 13.4. The van der Waals surface area contributed by atoms with E-state index >= 15 is 0 Å². The van der Waals surface area contributed by atoms with E-state index in [2.05, 4.69) is 30.5 Å². The largest absolute Gasteiger partial charge is 0.493 e. The minimum atomic E-state index is -0.413. The molecule has 1 aliphatic heterocycles. The number of carbonyl (C=O) groups excluding carboxylic acids is 1. The Balaban J connectivity index is 1.24. The Morgan fingerprint density at radius 2 is 2.10 bits per heavy atom. The van der Waals surface area contributed by atoms with E-state index in [0.717, 1.165) is 42.6 Å². The number of aliphatic hydroxyl groups is 1. The summed E-state index contributed by atoms with van der Waals surface area (Å²) in [7, 11) is 1.59. The molecule has 10 nitrogen and oxygen atoms in total. The molecule has 41 heavy (non-hydrogen) atoms. The molecule has 2 aromatic carbocycles. The number of halogens is 1.